The number of likely N-dealkylation sites (tertiary alicyclic amines) is 1. The lowest BCUT2D eigenvalue weighted by atomic mass is 10.1. The first-order valence-electron chi connectivity index (χ1n) is 9.24. The van der Waals surface area contributed by atoms with Gasteiger partial charge in [-0.05, 0) is 67.7 Å². The SMILES string of the molecule is COc1ccc(-c2nn(C3CCN(C(=O)OC(C)(C)C)CC3)cc2Br)cc1F. The van der Waals surface area contributed by atoms with E-state index in [-0.39, 0.29) is 17.9 Å². The van der Waals surface area contributed by atoms with E-state index in [1.807, 2.05) is 31.6 Å². The molecular formula is C20H25BrFN3O3. The van der Waals surface area contributed by atoms with Crippen molar-refractivity contribution in [2.75, 3.05) is 20.2 Å². The number of ether oxygens (including phenoxy) is 2. The van der Waals surface area contributed by atoms with Crippen LogP contribution in [0.1, 0.15) is 39.7 Å². The highest BCUT2D eigenvalue weighted by Gasteiger charge is 2.28. The summed E-state index contributed by atoms with van der Waals surface area (Å²) in [6.07, 6.45) is 3.20. The molecular weight excluding hydrogens is 429 g/mol. The van der Waals surface area contributed by atoms with Gasteiger partial charge in [0.05, 0.1) is 17.6 Å². The molecule has 0 atom stereocenters. The van der Waals surface area contributed by atoms with Gasteiger partial charge in [-0.25, -0.2) is 9.18 Å². The van der Waals surface area contributed by atoms with Crippen LogP contribution in [0.25, 0.3) is 11.3 Å². The first-order chi connectivity index (χ1) is 13.2. The van der Waals surface area contributed by atoms with Crippen molar-refractivity contribution < 1.29 is 18.7 Å². The fraction of sp³-hybridized carbons (Fsp3) is 0.500. The van der Waals surface area contributed by atoms with E-state index >= 15 is 0 Å². The molecule has 8 heteroatoms. The van der Waals surface area contributed by atoms with Crippen LogP contribution >= 0.6 is 15.9 Å². The maximum Gasteiger partial charge on any atom is 0.410 e. The Bertz CT molecular complexity index is 855. The van der Waals surface area contributed by atoms with Gasteiger partial charge in [0.1, 0.15) is 11.3 Å². The van der Waals surface area contributed by atoms with Gasteiger partial charge in [-0.1, -0.05) is 0 Å². The highest BCUT2D eigenvalue weighted by molar-refractivity contribution is 9.10. The summed E-state index contributed by atoms with van der Waals surface area (Å²) < 4.78 is 27.1. The number of halogens is 2. The van der Waals surface area contributed by atoms with Crippen LogP contribution in [-0.4, -0.2) is 46.6 Å². The summed E-state index contributed by atoms with van der Waals surface area (Å²) in [7, 11) is 1.44. The molecule has 28 heavy (non-hydrogen) atoms. The molecule has 152 valence electrons. The molecule has 1 saturated heterocycles. The number of aromatic nitrogens is 2. The Hall–Kier alpha value is -2.09. The molecule has 0 radical (unpaired) electrons. The van der Waals surface area contributed by atoms with Crippen molar-refractivity contribution in [3.8, 4) is 17.0 Å². The van der Waals surface area contributed by atoms with Crippen LogP contribution in [0.3, 0.4) is 0 Å². The van der Waals surface area contributed by atoms with Gasteiger partial charge in [-0.2, -0.15) is 5.10 Å². The lowest BCUT2D eigenvalue weighted by molar-refractivity contribution is 0.0185. The van der Waals surface area contributed by atoms with Crippen LogP contribution in [0.5, 0.6) is 5.75 Å². The summed E-state index contributed by atoms with van der Waals surface area (Å²) in [4.78, 5) is 13.9. The summed E-state index contributed by atoms with van der Waals surface area (Å²) in [5.41, 5.74) is 0.856. The van der Waals surface area contributed by atoms with E-state index < -0.39 is 11.4 Å². The molecule has 3 rings (SSSR count). The number of piperidine rings is 1. The molecule has 1 aromatic heterocycles. The third-order valence-corrected chi connectivity index (χ3v) is 5.18. The maximum atomic E-state index is 14.0. The minimum Gasteiger partial charge on any atom is -0.494 e. The summed E-state index contributed by atoms with van der Waals surface area (Å²) in [5, 5.41) is 4.66. The minimum absolute atomic E-state index is 0.173. The molecule has 2 aromatic rings. The van der Waals surface area contributed by atoms with Gasteiger partial charge in [0.2, 0.25) is 0 Å². The topological polar surface area (TPSA) is 56.6 Å². The van der Waals surface area contributed by atoms with Crippen molar-refractivity contribution in [3.63, 3.8) is 0 Å². The molecule has 0 unspecified atom stereocenters. The number of hydrogen-bond acceptors (Lipinski definition) is 4. The Morgan fingerprint density at radius 3 is 2.54 bits per heavy atom. The molecule has 0 spiro atoms. The molecule has 1 amide bonds. The van der Waals surface area contributed by atoms with Crippen molar-refractivity contribution in [2.45, 2.75) is 45.3 Å². The van der Waals surface area contributed by atoms with Crippen LogP contribution in [-0.2, 0) is 4.74 Å². The number of benzene rings is 1. The molecule has 1 aliphatic rings. The van der Waals surface area contributed by atoms with Crippen molar-refractivity contribution in [1.82, 2.24) is 14.7 Å². The maximum absolute atomic E-state index is 14.0. The number of carbonyl (C=O) groups is 1. The number of carbonyl (C=O) groups excluding carboxylic acids is 1. The standard InChI is InChI=1S/C20H25BrFN3O3/c1-20(2,3)28-19(26)24-9-7-14(8-10-24)25-12-15(21)18(23-25)13-5-6-17(27-4)16(22)11-13/h5-6,11-12,14H,7-10H2,1-4H3. The van der Waals surface area contributed by atoms with E-state index in [0.717, 1.165) is 17.3 Å². The minimum atomic E-state index is -0.497. The summed E-state index contributed by atoms with van der Waals surface area (Å²) in [6, 6.07) is 4.97. The van der Waals surface area contributed by atoms with Crippen molar-refractivity contribution >= 4 is 22.0 Å². The largest absolute Gasteiger partial charge is 0.494 e. The number of rotatable bonds is 3. The highest BCUT2D eigenvalue weighted by atomic mass is 79.9. The van der Waals surface area contributed by atoms with Crippen LogP contribution in [0.4, 0.5) is 9.18 Å². The summed E-state index contributed by atoms with van der Waals surface area (Å²) in [6.45, 7) is 6.82. The monoisotopic (exact) mass is 453 g/mol. The Balaban J connectivity index is 1.69. The second kappa shape index (κ2) is 8.11. The van der Waals surface area contributed by atoms with Crippen LogP contribution in [0.15, 0.2) is 28.9 Å². The lowest BCUT2D eigenvalue weighted by Crippen LogP contribution is -2.42. The number of amides is 1. The molecule has 0 saturated carbocycles. The van der Waals surface area contributed by atoms with E-state index in [0.29, 0.717) is 24.3 Å². The fourth-order valence-corrected chi connectivity index (χ4v) is 3.72. The zero-order chi connectivity index (χ0) is 20.5. The summed E-state index contributed by atoms with van der Waals surface area (Å²) >= 11 is 3.53. The van der Waals surface area contributed by atoms with Crippen molar-refractivity contribution in [2.24, 2.45) is 0 Å². The fourth-order valence-electron chi connectivity index (χ4n) is 3.21. The smallest absolute Gasteiger partial charge is 0.410 e. The average Bonchev–Trinajstić information content (AvgIpc) is 3.02. The molecule has 0 bridgehead atoms. The summed E-state index contributed by atoms with van der Waals surface area (Å²) in [5.74, 6) is -0.221. The van der Waals surface area contributed by atoms with Gasteiger partial charge in [-0.3, -0.25) is 4.68 Å². The molecule has 0 N–H and O–H groups in total. The van der Waals surface area contributed by atoms with Crippen molar-refractivity contribution in [3.05, 3.63) is 34.7 Å². The van der Waals surface area contributed by atoms with Gasteiger partial charge < -0.3 is 14.4 Å². The normalized spacial score (nSPS) is 15.6. The van der Waals surface area contributed by atoms with E-state index in [4.69, 9.17) is 9.47 Å². The second-order valence-electron chi connectivity index (χ2n) is 7.85. The molecule has 0 aliphatic carbocycles. The molecule has 2 heterocycles. The highest BCUT2D eigenvalue weighted by Crippen LogP contribution is 2.32. The van der Waals surface area contributed by atoms with Gasteiger partial charge in [-0.15, -0.1) is 0 Å². The van der Waals surface area contributed by atoms with Crippen LogP contribution in [0.2, 0.25) is 0 Å². The zero-order valence-corrected chi connectivity index (χ0v) is 18.1. The zero-order valence-electron chi connectivity index (χ0n) is 16.5. The quantitative estimate of drug-likeness (QED) is 0.653. The van der Waals surface area contributed by atoms with Crippen LogP contribution in [0, 0.1) is 5.82 Å². The van der Waals surface area contributed by atoms with E-state index in [9.17, 15) is 9.18 Å². The molecule has 1 aliphatic heterocycles. The third kappa shape index (κ3) is 4.66. The Morgan fingerprint density at radius 2 is 1.96 bits per heavy atom. The number of nitrogens with zero attached hydrogens (tertiary/aromatic N) is 3. The van der Waals surface area contributed by atoms with Crippen LogP contribution < -0.4 is 4.74 Å². The van der Waals surface area contributed by atoms with Gasteiger partial charge in [0.25, 0.3) is 0 Å². The average molecular weight is 454 g/mol. The van der Waals surface area contributed by atoms with Gasteiger partial charge in [0.15, 0.2) is 11.6 Å². The first-order valence-corrected chi connectivity index (χ1v) is 10.0. The Kier molecular flexibility index (Phi) is 5.98. The predicted molar refractivity (Wildman–Crippen MR) is 108 cm³/mol. The number of hydrogen-bond donors (Lipinski definition) is 0. The predicted octanol–water partition coefficient (Wildman–Crippen LogP) is 5.03. The Morgan fingerprint density at radius 1 is 1.29 bits per heavy atom. The van der Waals surface area contributed by atoms with Crippen molar-refractivity contribution in [1.29, 1.82) is 0 Å². The van der Waals surface area contributed by atoms with E-state index in [2.05, 4.69) is 21.0 Å². The second-order valence-corrected chi connectivity index (χ2v) is 8.71. The molecule has 1 fully saturated rings. The third-order valence-electron chi connectivity index (χ3n) is 4.60. The Labute approximate surface area is 172 Å². The lowest BCUT2D eigenvalue weighted by Gasteiger charge is -2.33. The van der Waals surface area contributed by atoms with Gasteiger partial charge >= 0.3 is 6.09 Å². The number of methoxy groups -OCH3 is 1. The molecule has 6 nitrogen and oxygen atoms in total. The van der Waals surface area contributed by atoms with E-state index in [1.54, 1.807) is 17.0 Å². The van der Waals surface area contributed by atoms with E-state index in [1.165, 1.54) is 13.2 Å². The van der Waals surface area contributed by atoms with Gasteiger partial charge in [0, 0.05) is 24.8 Å². The first kappa shape index (κ1) is 20.6. The molecule has 1 aromatic carbocycles.